The van der Waals surface area contributed by atoms with Crippen molar-refractivity contribution in [2.75, 3.05) is 18.6 Å². The quantitative estimate of drug-likeness (QED) is 0.138. The van der Waals surface area contributed by atoms with Crippen LogP contribution in [-0.4, -0.2) is 51.8 Å². The van der Waals surface area contributed by atoms with Gasteiger partial charge < -0.3 is 28.7 Å². The zero-order valence-corrected chi connectivity index (χ0v) is 34.7. The minimum Gasteiger partial charge on any atom is -0.489 e. The molecule has 0 saturated heterocycles. The smallest absolute Gasteiger partial charge is 0.261 e. The number of fused-ring (bicyclic) bond motifs is 3. The molecule has 9 rings (SSSR count). The van der Waals surface area contributed by atoms with Crippen molar-refractivity contribution < 1.29 is 23.9 Å². The third-order valence-electron chi connectivity index (χ3n) is 12.1. The van der Waals surface area contributed by atoms with Gasteiger partial charge in [-0.2, -0.15) is 0 Å². The predicted molar refractivity (Wildman–Crippen MR) is 233 cm³/mol. The van der Waals surface area contributed by atoms with Gasteiger partial charge in [0.2, 0.25) is 0 Å². The highest BCUT2D eigenvalue weighted by Crippen LogP contribution is 2.39. The van der Waals surface area contributed by atoms with Crippen molar-refractivity contribution >= 4 is 35.0 Å². The van der Waals surface area contributed by atoms with E-state index in [0.29, 0.717) is 48.1 Å². The van der Waals surface area contributed by atoms with E-state index in [4.69, 9.17) is 21.1 Å². The monoisotopic (exact) mass is 818 g/mol. The van der Waals surface area contributed by atoms with Crippen LogP contribution in [0.2, 0.25) is 5.02 Å². The Labute approximate surface area is 355 Å². The molecule has 304 valence electrons. The minimum absolute atomic E-state index is 0.0151. The SMILES string of the molecule is C[C@@H]1Cc2ccccc2CN1C(=O)c1cc2c(cc1-c1cc(C(=O)N(C)c3ccc(OCc4ccccc4)cc3)c3n1CCCC3)CN(C(=O)COc1ccc(Cl)cc1)C2. The molecule has 3 aliphatic rings. The van der Waals surface area contributed by atoms with Crippen molar-refractivity contribution in [1.82, 2.24) is 14.4 Å². The van der Waals surface area contributed by atoms with Crippen molar-refractivity contribution in [2.24, 2.45) is 0 Å². The van der Waals surface area contributed by atoms with Crippen LogP contribution in [0.3, 0.4) is 0 Å². The van der Waals surface area contributed by atoms with E-state index in [9.17, 15) is 14.4 Å². The number of amides is 3. The van der Waals surface area contributed by atoms with E-state index < -0.39 is 0 Å². The van der Waals surface area contributed by atoms with E-state index in [2.05, 4.69) is 35.8 Å². The number of benzene rings is 5. The van der Waals surface area contributed by atoms with Gasteiger partial charge in [0, 0.05) is 72.5 Å². The number of hydrogen-bond acceptors (Lipinski definition) is 5. The van der Waals surface area contributed by atoms with Gasteiger partial charge in [0.15, 0.2) is 6.61 Å². The van der Waals surface area contributed by atoms with Crippen LogP contribution in [-0.2, 0) is 50.4 Å². The zero-order valence-electron chi connectivity index (χ0n) is 33.9. The van der Waals surface area contributed by atoms with Gasteiger partial charge in [0.1, 0.15) is 18.1 Å². The lowest BCUT2D eigenvalue weighted by molar-refractivity contribution is -0.134. The van der Waals surface area contributed by atoms with Crippen LogP contribution in [0.15, 0.2) is 121 Å². The molecule has 0 unspecified atom stereocenters. The zero-order chi connectivity index (χ0) is 41.3. The van der Waals surface area contributed by atoms with E-state index in [0.717, 1.165) is 82.9 Å². The number of carbonyl (C=O) groups excluding carboxylic acids is 3. The van der Waals surface area contributed by atoms with E-state index in [1.165, 1.54) is 5.56 Å². The van der Waals surface area contributed by atoms with Crippen LogP contribution in [0.25, 0.3) is 11.3 Å². The van der Waals surface area contributed by atoms with Crippen molar-refractivity contribution in [3.05, 3.63) is 171 Å². The van der Waals surface area contributed by atoms with Gasteiger partial charge >= 0.3 is 0 Å². The van der Waals surface area contributed by atoms with Crippen LogP contribution in [0, 0.1) is 0 Å². The number of rotatable bonds is 10. The molecule has 9 nitrogen and oxygen atoms in total. The van der Waals surface area contributed by atoms with Gasteiger partial charge in [0.25, 0.3) is 17.7 Å². The Hall–Kier alpha value is -6.32. The van der Waals surface area contributed by atoms with Gasteiger partial charge in [-0.25, -0.2) is 0 Å². The molecule has 1 atom stereocenters. The standard InChI is InChI=1S/C50H47ClN4O5/c1-33-24-35-12-6-7-13-36(35)30-55(33)50(58)44-26-38-29-53(48(56)32-60-41-19-15-39(51)16-20-41)28-37(38)25-43(44)47-27-45(46-14-8-9-23-54(46)47)49(57)52(2)40-17-21-42(22-18-40)59-31-34-10-4-3-5-11-34/h3-7,10-13,15-22,25-27,33H,8-9,14,23-24,28-32H2,1-2H3/t33-/m1/s1. The number of hydrogen-bond donors (Lipinski definition) is 0. The Balaban J connectivity index is 1.03. The fourth-order valence-corrected chi connectivity index (χ4v) is 8.90. The molecule has 3 amide bonds. The summed E-state index contributed by atoms with van der Waals surface area (Å²) in [5, 5.41) is 0.594. The van der Waals surface area contributed by atoms with Gasteiger partial charge in [0.05, 0.1) is 5.56 Å². The van der Waals surface area contributed by atoms with Crippen molar-refractivity contribution in [3.63, 3.8) is 0 Å². The summed E-state index contributed by atoms with van der Waals surface area (Å²) >= 11 is 6.04. The van der Waals surface area contributed by atoms with E-state index in [-0.39, 0.29) is 30.4 Å². The summed E-state index contributed by atoms with van der Waals surface area (Å²) in [6, 6.07) is 38.9. The van der Waals surface area contributed by atoms with Crippen LogP contribution >= 0.6 is 11.6 Å². The second-order valence-electron chi connectivity index (χ2n) is 16.0. The van der Waals surface area contributed by atoms with Crippen LogP contribution in [0.4, 0.5) is 5.69 Å². The van der Waals surface area contributed by atoms with Crippen molar-refractivity contribution in [1.29, 1.82) is 0 Å². The summed E-state index contributed by atoms with van der Waals surface area (Å²) in [6.45, 7) is 4.45. The fraction of sp³-hybridized carbons (Fsp3) is 0.260. The minimum atomic E-state index is -0.149. The lowest BCUT2D eigenvalue weighted by atomic mass is 9.92. The molecular formula is C50H47ClN4O5. The highest BCUT2D eigenvalue weighted by Gasteiger charge is 2.34. The summed E-state index contributed by atoms with van der Waals surface area (Å²) in [5.74, 6) is 0.968. The molecule has 5 aromatic carbocycles. The fourth-order valence-electron chi connectivity index (χ4n) is 8.78. The van der Waals surface area contributed by atoms with E-state index >= 15 is 0 Å². The van der Waals surface area contributed by atoms with Crippen molar-refractivity contribution in [2.45, 2.75) is 71.4 Å². The molecule has 0 spiro atoms. The molecule has 0 aliphatic carbocycles. The molecule has 60 heavy (non-hydrogen) atoms. The lowest BCUT2D eigenvalue weighted by Crippen LogP contribution is -2.42. The Morgan fingerprint density at radius 1 is 0.733 bits per heavy atom. The van der Waals surface area contributed by atoms with Crippen LogP contribution in [0.1, 0.15) is 74.0 Å². The Morgan fingerprint density at radius 3 is 2.18 bits per heavy atom. The molecule has 1 aromatic heterocycles. The molecular weight excluding hydrogens is 772 g/mol. The maximum absolute atomic E-state index is 15.0. The molecule has 0 fully saturated rings. The average Bonchev–Trinajstić information content (AvgIpc) is 3.89. The largest absolute Gasteiger partial charge is 0.489 e. The molecule has 3 aliphatic heterocycles. The topological polar surface area (TPSA) is 84.3 Å². The van der Waals surface area contributed by atoms with Gasteiger partial charge in [-0.1, -0.05) is 66.2 Å². The number of anilines is 1. The molecule has 10 heteroatoms. The summed E-state index contributed by atoms with van der Waals surface area (Å²) < 4.78 is 14.1. The normalized spacial score (nSPS) is 15.5. The first-order chi connectivity index (χ1) is 29.2. The first-order valence-corrected chi connectivity index (χ1v) is 21.1. The molecule has 0 bridgehead atoms. The summed E-state index contributed by atoms with van der Waals surface area (Å²) in [6.07, 6.45) is 3.46. The lowest BCUT2D eigenvalue weighted by Gasteiger charge is -2.35. The predicted octanol–water partition coefficient (Wildman–Crippen LogP) is 9.51. The van der Waals surface area contributed by atoms with Crippen molar-refractivity contribution in [3.8, 4) is 22.8 Å². The summed E-state index contributed by atoms with van der Waals surface area (Å²) in [7, 11) is 1.80. The van der Waals surface area contributed by atoms with Gasteiger partial charge in [-0.05, 0) is 127 Å². The third kappa shape index (κ3) is 7.89. The summed E-state index contributed by atoms with van der Waals surface area (Å²) in [4.78, 5) is 48.5. The second-order valence-corrected chi connectivity index (χ2v) is 16.5. The van der Waals surface area contributed by atoms with E-state index in [1.807, 2.05) is 77.7 Å². The van der Waals surface area contributed by atoms with Gasteiger partial charge in [-0.3, -0.25) is 14.4 Å². The number of nitrogens with zero attached hydrogens (tertiary/aromatic N) is 4. The molecule has 0 saturated carbocycles. The Morgan fingerprint density at radius 2 is 1.42 bits per heavy atom. The highest BCUT2D eigenvalue weighted by atomic mass is 35.5. The van der Waals surface area contributed by atoms with Crippen LogP contribution < -0.4 is 14.4 Å². The third-order valence-corrected chi connectivity index (χ3v) is 12.4. The number of aromatic nitrogens is 1. The summed E-state index contributed by atoms with van der Waals surface area (Å²) in [5.41, 5.74) is 9.97. The Kier molecular flexibility index (Phi) is 10.9. The van der Waals surface area contributed by atoms with Crippen LogP contribution in [0.5, 0.6) is 11.5 Å². The first kappa shape index (κ1) is 39.2. The molecule has 6 aromatic rings. The molecule has 4 heterocycles. The Bertz CT molecular complexity index is 2570. The maximum Gasteiger partial charge on any atom is 0.261 e. The number of ether oxygens (including phenoxy) is 2. The van der Waals surface area contributed by atoms with Gasteiger partial charge in [-0.15, -0.1) is 0 Å². The number of carbonyl (C=O) groups is 3. The average molecular weight is 819 g/mol. The number of halogens is 1. The highest BCUT2D eigenvalue weighted by molar-refractivity contribution is 6.30. The molecule has 0 N–H and O–H groups in total. The van der Waals surface area contributed by atoms with E-state index in [1.54, 1.807) is 41.1 Å². The second kappa shape index (κ2) is 16.7. The maximum atomic E-state index is 15.0. The first-order valence-electron chi connectivity index (χ1n) is 20.7. The molecule has 0 radical (unpaired) electrons.